The van der Waals surface area contributed by atoms with Crippen LogP contribution in [0.1, 0.15) is 17.2 Å². The van der Waals surface area contributed by atoms with E-state index in [1.807, 2.05) is 19.1 Å². The number of phenolic OH excluding ortho intramolecular Hbond substituents is 1. The van der Waals surface area contributed by atoms with Gasteiger partial charge in [-0.05, 0) is 18.6 Å². The number of benzene rings is 1. The Bertz CT molecular complexity index is 381. The molecular weight excluding hydrogens is 252 g/mol. The number of aliphatic hydroxyl groups is 1. The highest BCUT2D eigenvalue weighted by Crippen LogP contribution is 2.29. The van der Waals surface area contributed by atoms with E-state index in [0.29, 0.717) is 0 Å². The molecule has 5 heteroatoms. The number of piperazine rings is 1. The lowest BCUT2D eigenvalue weighted by Crippen LogP contribution is -2.46. The predicted molar refractivity (Wildman–Crippen MR) is 74.4 cm³/mol. The van der Waals surface area contributed by atoms with Crippen LogP contribution in [-0.2, 0) is 0 Å². The molecule has 0 aromatic heterocycles. The van der Waals surface area contributed by atoms with E-state index < -0.39 is 0 Å². The quantitative estimate of drug-likeness (QED) is 0.770. The molecule has 4 nitrogen and oxygen atoms in total. The summed E-state index contributed by atoms with van der Waals surface area (Å²) >= 11 is 0. The second-order valence-electron chi connectivity index (χ2n) is 4.55. The minimum absolute atomic E-state index is 0. The van der Waals surface area contributed by atoms with Gasteiger partial charge in [0.15, 0.2) is 0 Å². The van der Waals surface area contributed by atoms with Gasteiger partial charge >= 0.3 is 0 Å². The summed E-state index contributed by atoms with van der Waals surface area (Å²) in [6, 6.07) is 5.53. The number of hydrogen-bond acceptors (Lipinski definition) is 4. The summed E-state index contributed by atoms with van der Waals surface area (Å²) in [6.07, 6.45) is 0. The molecule has 18 heavy (non-hydrogen) atoms. The lowest BCUT2D eigenvalue weighted by atomic mass is 10.0. The van der Waals surface area contributed by atoms with Crippen LogP contribution < -0.4 is 5.32 Å². The van der Waals surface area contributed by atoms with Crippen LogP contribution in [0.3, 0.4) is 0 Å². The van der Waals surface area contributed by atoms with Crippen molar-refractivity contribution >= 4 is 12.4 Å². The van der Waals surface area contributed by atoms with Crippen molar-refractivity contribution in [1.82, 2.24) is 10.2 Å². The summed E-state index contributed by atoms with van der Waals surface area (Å²) in [5.74, 6) is 0.280. The van der Waals surface area contributed by atoms with Gasteiger partial charge in [-0.1, -0.05) is 12.1 Å². The number of aromatic hydroxyl groups is 1. The predicted octanol–water partition coefficient (Wildman–Crippen LogP) is 1.06. The van der Waals surface area contributed by atoms with Crippen molar-refractivity contribution in [2.75, 3.05) is 32.8 Å². The molecule has 1 aromatic carbocycles. The zero-order valence-corrected chi connectivity index (χ0v) is 11.4. The van der Waals surface area contributed by atoms with Crippen molar-refractivity contribution in [3.05, 3.63) is 29.3 Å². The number of rotatable bonds is 3. The number of phenols is 1. The molecule has 1 saturated heterocycles. The maximum Gasteiger partial charge on any atom is 0.120 e. The van der Waals surface area contributed by atoms with Crippen LogP contribution in [0, 0.1) is 6.92 Å². The van der Waals surface area contributed by atoms with E-state index in [0.717, 1.165) is 37.3 Å². The van der Waals surface area contributed by atoms with E-state index in [9.17, 15) is 10.2 Å². The van der Waals surface area contributed by atoms with Crippen LogP contribution >= 0.6 is 12.4 Å². The Morgan fingerprint density at radius 3 is 2.56 bits per heavy atom. The number of aryl methyl sites for hydroxylation is 1. The Kier molecular flexibility index (Phi) is 5.88. The zero-order chi connectivity index (χ0) is 12.3. The standard InChI is InChI=1S/C13H20N2O2.ClH/c1-10-2-3-11(13(17)8-10)12(9-16)15-6-4-14-5-7-15;/h2-3,8,12,14,16-17H,4-7,9H2,1H3;1H/t12-;/m1./s1. The monoisotopic (exact) mass is 272 g/mol. The van der Waals surface area contributed by atoms with E-state index in [1.165, 1.54) is 0 Å². The first kappa shape index (κ1) is 15.2. The lowest BCUT2D eigenvalue weighted by molar-refractivity contribution is 0.109. The number of halogens is 1. The summed E-state index contributed by atoms with van der Waals surface area (Å²) in [4.78, 5) is 2.21. The number of nitrogens with zero attached hydrogens (tertiary/aromatic N) is 1. The third-order valence-electron chi connectivity index (χ3n) is 3.31. The lowest BCUT2D eigenvalue weighted by Gasteiger charge is -2.34. The zero-order valence-electron chi connectivity index (χ0n) is 10.6. The second-order valence-corrected chi connectivity index (χ2v) is 4.55. The molecule has 0 saturated carbocycles. The highest BCUT2D eigenvalue weighted by atomic mass is 35.5. The van der Waals surface area contributed by atoms with Crippen molar-refractivity contribution in [2.45, 2.75) is 13.0 Å². The third kappa shape index (κ3) is 3.36. The minimum Gasteiger partial charge on any atom is -0.508 e. The molecule has 0 amide bonds. The average Bonchev–Trinajstić information content (AvgIpc) is 2.34. The SMILES string of the molecule is Cc1ccc([C@@H](CO)N2CCNCC2)c(O)c1.Cl. The molecule has 1 aliphatic rings. The summed E-state index contributed by atoms with van der Waals surface area (Å²) in [5.41, 5.74) is 1.85. The first-order chi connectivity index (χ1) is 8.22. The van der Waals surface area contributed by atoms with Gasteiger partial charge in [0.25, 0.3) is 0 Å². The van der Waals surface area contributed by atoms with Gasteiger partial charge in [-0.2, -0.15) is 0 Å². The molecule has 1 aliphatic heterocycles. The van der Waals surface area contributed by atoms with Gasteiger partial charge in [0.05, 0.1) is 12.6 Å². The minimum atomic E-state index is -0.0994. The van der Waals surface area contributed by atoms with Crippen LogP contribution in [-0.4, -0.2) is 47.9 Å². The van der Waals surface area contributed by atoms with Gasteiger partial charge in [0, 0.05) is 31.7 Å². The third-order valence-corrected chi connectivity index (χ3v) is 3.31. The van der Waals surface area contributed by atoms with E-state index in [1.54, 1.807) is 6.07 Å². The largest absolute Gasteiger partial charge is 0.508 e. The van der Waals surface area contributed by atoms with E-state index in [4.69, 9.17) is 0 Å². The van der Waals surface area contributed by atoms with Gasteiger partial charge < -0.3 is 15.5 Å². The van der Waals surface area contributed by atoms with Crippen LogP contribution in [0.25, 0.3) is 0 Å². The van der Waals surface area contributed by atoms with Crippen LogP contribution in [0.15, 0.2) is 18.2 Å². The van der Waals surface area contributed by atoms with Crippen molar-refractivity contribution in [3.8, 4) is 5.75 Å². The molecule has 1 fully saturated rings. The Morgan fingerprint density at radius 2 is 2.00 bits per heavy atom. The Hall–Kier alpha value is -0.810. The number of aliphatic hydroxyl groups excluding tert-OH is 1. The maximum absolute atomic E-state index is 9.97. The van der Waals surface area contributed by atoms with Gasteiger partial charge in [0.1, 0.15) is 5.75 Å². The molecule has 0 radical (unpaired) electrons. The van der Waals surface area contributed by atoms with Gasteiger partial charge in [-0.3, -0.25) is 4.90 Å². The normalized spacial score (nSPS) is 18.1. The van der Waals surface area contributed by atoms with Crippen LogP contribution in [0.5, 0.6) is 5.75 Å². The summed E-state index contributed by atoms with van der Waals surface area (Å²) < 4.78 is 0. The molecule has 1 atom stereocenters. The maximum atomic E-state index is 9.97. The topological polar surface area (TPSA) is 55.7 Å². The summed E-state index contributed by atoms with van der Waals surface area (Å²) in [7, 11) is 0. The summed E-state index contributed by atoms with van der Waals surface area (Å²) in [5, 5.41) is 22.8. The van der Waals surface area contributed by atoms with Crippen molar-refractivity contribution in [2.24, 2.45) is 0 Å². The van der Waals surface area contributed by atoms with Gasteiger partial charge in [-0.25, -0.2) is 0 Å². The fourth-order valence-electron chi connectivity index (χ4n) is 2.34. The molecule has 2 rings (SSSR count). The highest BCUT2D eigenvalue weighted by molar-refractivity contribution is 5.85. The molecule has 1 aromatic rings. The fraction of sp³-hybridized carbons (Fsp3) is 0.538. The number of hydrogen-bond donors (Lipinski definition) is 3. The molecule has 1 heterocycles. The first-order valence-electron chi connectivity index (χ1n) is 6.07. The van der Waals surface area contributed by atoms with E-state index in [2.05, 4.69) is 10.2 Å². The fourth-order valence-corrected chi connectivity index (χ4v) is 2.34. The molecule has 0 spiro atoms. The molecule has 0 unspecified atom stereocenters. The number of nitrogens with one attached hydrogen (secondary N) is 1. The van der Waals surface area contributed by atoms with E-state index >= 15 is 0 Å². The van der Waals surface area contributed by atoms with Crippen molar-refractivity contribution in [3.63, 3.8) is 0 Å². The Balaban J connectivity index is 0.00000162. The van der Waals surface area contributed by atoms with Gasteiger partial charge in [-0.15, -0.1) is 12.4 Å². The van der Waals surface area contributed by atoms with Crippen molar-refractivity contribution < 1.29 is 10.2 Å². The smallest absolute Gasteiger partial charge is 0.120 e. The van der Waals surface area contributed by atoms with E-state index in [-0.39, 0.29) is 30.8 Å². The molecule has 0 aliphatic carbocycles. The van der Waals surface area contributed by atoms with Crippen LogP contribution in [0.2, 0.25) is 0 Å². The van der Waals surface area contributed by atoms with Crippen molar-refractivity contribution in [1.29, 1.82) is 0 Å². The molecule has 102 valence electrons. The Labute approximate surface area is 114 Å². The highest BCUT2D eigenvalue weighted by Gasteiger charge is 2.23. The second kappa shape index (κ2) is 6.95. The Morgan fingerprint density at radius 1 is 1.33 bits per heavy atom. The van der Waals surface area contributed by atoms with Gasteiger partial charge in [0.2, 0.25) is 0 Å². The average molecular weight is 273 g/mol. The molecular formula is C13H21ClN2O2. The molecule has 3 N–H and O–H groups in total. The molecule has 0 bridgehead atoms. The van der Waals surface area contributed by atoms with Crippen LogP contribution in [0.4, 0.5) is 0 Å². The summed E-state index contributed by atoms with van der Waals surface area (Å²) in [6.45, 7) is 5.65. The first-order valence-corrected chi connectivity index (χ1v) is 6.07.